The van der Waals surface area contributed by atoms with Crippen molar-refractivity contribution in [3.8, 4) is 0 Å². The largest absolute Gasteiger partial charge is 0.333 e. The Morgan fingerprint density at radius 2 is 1.71 bits per heavy atom. The Bertz CT molecular complexity index is 1100. The van der Waals surface area contributed by atoms with Gasteiger partial charge in [-0.3, -0.25) is 14.2 Å². The fourth-order valence-corrected chi connectivity index (χ4v) is 4.34. The highest BCUT2D eigenvalue weighted by atomic mass is 32.2. The van der Waals surface area contributed by atoms with Gasteiger partial charge >= 0.3 is 0 Å². The molecule has 0 fully saturated rings. The van der Waals surface area contributed by atoms with Crippen molar-refractivity contribution in [2.24, 2.45) is 5.92 Å². The molecule has 0 atom stereocenters. The zero-order valence-electron chi connectivity index (χ0n) is 19.0. The fraction of sp³-hybridized carbons (Fsp3) is 0.400. The van der Waals surface area contributed by atoms with Crippen LogP contribution in [0.15, 0.2) is 64.5 Å². The average Bonchev–Trinajstić information content (AvgIpc) is 2.72. The number of carbonyl (C=O) groups excluding carboxylic acids is 1. The lowest BCUT2D eigenvalue weighted by Crippen LogP contribution is -2.46. The molecule has 0 aliphatic heterocycles. The van der Waals surface area contributed by atoms with E-state index in [1.54, 1.807) is 4.57 Å². The number of benzene rings is 2. The molecule has 1 aromatic heterocycles. The highest BCUT2D eigenvalue weighted by Crippen LogP contribution is 2.23. The number of carbonyl (C=O) groups is 1. The molecule has 0 radical (unpaired) electrons. The van der Waals surface area contributed by atoms with Gasteiger partial charge < -0.3 is 4.90 Å². The highest BCUT2D eigenvalue weighted by molar-refractivity contribution is 7.99. The predicted molar refractivity (Wildman–Crippen MR) is 128 cm³/mol. The zero-order valence-corrected chi connectivity index (χ0v) is 19.8. The van der Waals surface area contributed by atoms with Gasteiger partial charge in [0.15, 0.2) is 5.16 Å². The molecule has 0 spiro atoms. The van der Waals surface area contributed by atoms with Crippen LogP contribution in [0.5, 0.6) is 0 Å². The van der Waals surface area contributed by atoms with Crippen LogP contribution in [0, 0.1) is 5.92 Å². The molecule has 0 aliphatic carbocycles. The van der Waals surface area contributed by atoms with Gasteiger partial charge in [-0.1, -0.05) is 68.1 Å². The third-order valence-corrected chi connectivity index (χ3v) is 5.95. The van der Waals surface area contributed by atoms with Crippen molar-refractivity contribution in [3.05, 3.63) is 70.5 Å². The molecule has 0 N–H and O–H groups in total. The highest BCUT2D eigenvalue weighted by Gasteiger charge is 2.27. The molecule has 0 aliphatic rings. The summed E-state index contributed by atoms with van der Waals surface area (Å²) >= 11 is 1.34. The first-order valence-electron chi connectivity index (χ1n) is 10.6. The van der Waals surface area contributed by atoms with E-state index in [1.807, 2.05) is 80.3 Å². The second-order valence-electron chi connectivity index (χ2n) is 9.15. The standard InChI is InChI=1S/C25H31N3O2S/c1-18(2)15-27-23(30)20-13-9-10-14-21(20)26-24(27)31-17-22(29)28(25(3,4)5)16-19-11-7-6-8-12-19/h6-14,18H,15-17H2,1-5H3. The molecule has 0 saturated heterocycles. The summed E-state index contributed by atoms with van der Waals surface area (Å²) < 4.78 is 1.71. The summed E-state index contributed by atoms with van der Waals surface area (Å²) in [5.41, 5.74) is 1.39. The summed E-state index contributed by atoms with van der Waals surface area (Å²) in [4.78, 5) is 32.9. The van der Waals surface area contributed by atoms with Gasteiger partial charge in [0.25, 0.3) is 5.56 Å². The van der Waals surface area contributed by atoms with Crippen molar-refractivity contribution in [3.63, 3.8) is 0 Å². The molecule has 3 aromatic rings. The number of amides is 1. The zero-order chi connectivity index (χ0) is 22.6. The molecular formula is C25H31N3O2S. The average molecular weight is 438 g/mol. The number of hydrogen-bond acceptors (Lipinski definition) is 4. The topological polar surface area (TPSA) is 55.2 Å². The van der Waals surface area contributed by atoms with Gasteiger partial charge in [-0.15, -0.1) is 0 Å². The molecule has 3 rings (SSSR count). The van der Waals surface area contributed by atoms with Crippen LogP contribution < -0.4 is 5.56 Å². The Labute approximate surface area is 188 Å². The number of nitrogens with zero attached hydrogens (tertiary/aromatic N) is 3. The smallest absolute Gasteiger partial charge is 0.262 e. The first-order valence-corrected chi connectivity index (χ1v) is 11.6. The molecule has 5 nitrogen and oxygen atoms in total. The summed E-state index contributed by atoms with van der Waals surface area (Å²) in [7, 11) is 0. The third-order valence-electron chi connectivity index (χ3n) is 4.99. The molecule has 164 valence electrons. The number of hydrogen-bond donors (Lipinski definition) is 0. The van der Waals surface area contributed by atoms with E-state index < -0.39 is 0 Å². The van der Waals surface area contributed by atoms with E-state index in [-0.39, 0.29) is 22.8 Å². The van der Waals surface area contributed by atoms with Crippen LogP contribution in [-0.4, -0.2) is 31.6 Å². The SMILES string of the molecule is CC(C)Cn1c(SCC(=O)N(Cc2ccccc2)C(C)(C)C)nc2ccccc2c1=O. The van der Waals surface area contributed by atoms with Crippen molar-refractivity contribution in [1.82, 2.24) is 14.5 Å². The Kier molecular flexibility index (Phi) is 7.21. The molecule has 1 heterocycles. The van der Waals surface area contributed by atoms with E-state index in [1.165, 1.54) is 11.8 Å². The van der Waals surface area contributed by atoms with E-state index in [4.69, 9.17) is 4.98 Å². The first kappa shape index (κ1) is 23.1. The van der Waals surface area contributed by atoms with Crippen molar-refractivity contribution in [2.45, 2.75) is 58.4 Å². The molecule has 1 amide bonds. The van der Waals surface area contributed by atoms with Crippen LogP contribution in [0.2, 0.25) is 0 Å². The lowest BCUT2D eigenvalue weighted by atomic mass is 10.0. The minimum atomic E-state index is -0.318. The molecule has 2 aromatic carbocycles. The van der Waals surface area contributed by atoms with Gasteiger partial charge in [0, 0.05) is 18.6 Å². The third kappa shape index (κ3) is 5.76. The molecule has 0 saturated carbocycles. The van der Waals surface area contributed by atoms with Crippen molar-refractivity contribution in [2.75, 3.05) is 5.75 Å². The van der Waals surface area contributed by atoms with E-state index in [2.05, 4.69) is 13.8 Å². The van der Waals surface area contributed by atoms with Gasteiger partial charge in [0.2, 0.25) is 5.91 Å². The Hall–Kier alpha value is -2.60. The summed E-state index contributed by atoms with van der Waals surface area (Å²) in [6.45, 7) is 11.4. The van der Waals surface area contributed by atoms with Crippen LogP contribution >= 0.6 is 11.8 Å². The van der Waals surface area contributed by atoms with Gasteiger partial charge in [0.05, 0.1) is 16.7 Å². The van der Waals surface area contributed by atoms with Crippen LogP contribution in [0.4, 0.5) is 0 Å². The number of fused-ring (bicyclic) bond motifs is 1. The minimum absolute atomic E-state index is 0.0276. The number of thioether (sulfide) groups is 1. The van der Waals surface area contributed by atoms with Crippen molar-refractivity contribution >= 4 is 28.6 Å². The quantitative estimate of drug-likeness (QED) is 0.387. The Morgan fingerprint density at radius 1 is 1.06 bits per heavy atom. The maximum absolute atomic E-state index is 13.2. The summed E-state index contributed by atoms with van der Waals surface area (Å²) in [6.07, 6.45) is 0. The molecule has 0 unspecified atom stereocenters. The van der Waals surface area contributed by atoms with Gasteiger partial charge in [-0.2, -0.15) is 0 Å². The summed E-state index contributed by atoms with van der Waals surface area (Å²) in [5.74, 6) is 0.548. The van der Waals surface area contributed by atoms with Gasteiger partial charge in [0.1, 0.15) is 0 Å². The van der Waals surface area contributed by atoms with Gasteiger partial charge in [-0.05, 0) is 44.4 Å². The monoisotopic (exact) mass is 437 g/mol. The van der Waals surface area contributed by atoms with Crippen molar-refractivity contribution < 1.29 is 4.79 Å². The second kappa shape index (κ2) is 9.69. The maximum Gasteiger partial charge on any atom is 0.262 e. The molecular weight excluding hydrogens is 406 g/mol. The molecule has 6 heteroatoms. The van der Waals surface area contributed by atoms with E-state index >= 15 is 0 Å². The number of para-hydroxylation sites is 1. The van der Waals surface area contributed by atoms with Gasteiger partial charge in [-0.25, -0.2) is 4.98 Å². The van der Waals surface area contributed by atoms with Crippen molar-refractivity contribution in [1.29, 1.82) is 0 Å². The van der Waals surface area contributed by atoms with Crippen LogP contribution in [0.3, 0.4) is 0 Å². The van der Waals surface area contributed by atoms with E-state index in [0.29, 0.717) is 35.1 Å². The van der Waals surface area contributed by atoms with Crippen LogP contribution in [-0.2, 0) is 17.9 Å². The predicted octanol–water partition coefficient (Wildman–Crippen LogP) is 4.97. The minimum Gasteiger partial charge on any atom is -0.333 e. The maximum atomic E-state index is 13.2. The normalized spacial score (nSPS) is 11.8. The van der Waals surface area contributed by atoms with Crippen LogP contribution in [0.25, 0.3) is 10.9 Å². The molecule has 31 heavy (non-hydrogen) atoms. The lowest BCUT2D eigenvalue weighted by molar-refractivity contribution is -0.133. The molecule has 0 bridgehead atoms. The Balaban J connectivity index is 1.87. The fourth-order valence-electron chi connectivity index (χ4n) is 3.45. The number of aromatic nitrogens is 2. The Morgan fingerprint density at radius 3 is 2.35 bits per heavy atom. The van der Waals surface area contributed by atoms with Crippen LogP contribution in [0.1, 0.15) is 40.2 Å². The van der Waals surface area contributed by atoms with E-state index in [0.717, 1.165) is 5.56 Å². The first-order chi connectivity index (χ1) is 14.7. The van der Waals surface area contributed by atoms with E-state index in [9.17, 15) is 9.59 Å². The number of rotatable bonds is 7. The summed E-state index contributed by atoms with van der Waals surface area (Å²) in [6, 6.07) is 17.4. The second-order valence-corrected chi connectivity index (χ2v) is 10.1. The lowest BCUT2D eigenvalue weighted by Gasteiger charge is -2.36. The summed E-state index contributed by atoms with van der Waals surface area (Å²) in [5, 5.41) is 1.21.